The molecule has 1 atom stereocenters. The molecule has 1 heterocycles. The molecule has 2 aliphatic rings. The van der Waals surface area contributed by atoms with Gasteiger partial charge < -0.3 is 0 Å². The Morgan fingerprint density at radius 1 is 1.62 bits per heavy atom. The number of hydrogen-bond donors (Lipinski definition) is 0. The molecule has 0 radical (unpaired) electrons. The van der Waals surface area contributed by atoms with Crippen molar-refractivity contribution in [2.45, 2.75) is 22.2 Å². The van der Waals surface area contributed by atoms with Crippen LogP contribution in [0.15, 0.2) is 24.3 Å². The van der Waals surface area contributed by atoms with Crippen molar-refractivity contribution in [3.05, 3.63) is 24.3 Å². The van der Waals surface area contributed by atoms with Crippen LogP contribution in [0.2, 0.25) is 0 Å². The second-order valence-corrected chi connectivity index (χ2v) is 8.14. The highest BCUT2D eigenvalue weighted by Gasteiger charge is 2.40. The maximum atomic E-state index is 5.31. The Bertz CT molecular complexity index is 332. The fourth-order valence-corrected chi connectivity index (χ4v) is 6.32. The average Bonchev–Trinajstić information content (AvgIpc) is 2.77. The van der Waals surface area contributed by atoms with Gasteiger partial charge in [-0.3, -0.25) is 0 Å². The lowest BCUT2D eigenvalue weighted by Crippen LogP contribution is -2.26. The molecular weight excluding hydrogens is 252 g/mol. The van der Waals surface area contributed by atoms with E-state index in [4.69, 9.17) is 6.42 Å². The first kappa shape index (κ1) is 12.5. The lowest BCUT2D eigenvalue weighted by molar-refractivity contribution is 0.708. The molecule has 1 spiro atoms. The molecule has 0 aromatic heterocycles. The molecular formula is C13H16S3. The molecule has 0 aromatic rings. The summed E-state index contributed by atoms with van der Waals surface area (Å²) in [4.78, 5) is 0. The monoisotopic (exact) mass is 268 g/mol. The van der Waals surface area contributed by atoms with Gasteiger partial charge in [0.1, 0.15) is 0 Å². The fourth-order valence-electron chi connectivity index (χ4n) is 2.16. The summed E-state index contributed by atoms with van der Waals surface area (Å²) < 4.78 is 0.328. The van der Waals surface area contributed by atoms with Crippen molar-refractivity contribution in [1.29, 1.82) is 0 Å². The molecule has 1 aliphatic heterocycles. The Balaban J connectivity index is 2.11. The summed E-state index contributed by atoms with van der Waals surface area (Å²) in [5.41, 5.74) is 1.43. The van der Waals surface area contributed by atoms with Crippen LogP contribution in [0.1, 0.15) is 12.8 Å². The van der Waals surface area contributed by atoms with Crippen LogP contribution in [0.25, 0.3) is 0 Å². The summed E-state index contributed by atoms with van der Waals surface area (Å²) >= 11 is 6.08. The first-order valence-corrected chi connectivity index (χ1v) is 8.50. The van der Waals surface area contributed by atoms with Crippen LogP contribution in [0.5, 0.6) is 0 Å². The summed E-state index contributed by atoms with van der Waals surface area (Å²) in [5, 5.41) is 0.594. The average molecular weight is 268 g/mol. The number of rotatable bonds is 3. The highest BCUT2D eigenvalue weighted by molar-refractivity contribution is 8.21. The molecule has 0 aromatic carbocycles. The van der Waals surface area contributed by atoms with Gasteiger partial charge in [-0.2, -0.15) is 0 Å². The highest BCUT2D eigenvalue weighted by atomic mass is 32.2. The van der Waals surface area contributed by atoms with Gasteiger partial charge in [0.15, 0.2) is 0 Å². The van der Waals surface area contributed by atoms with Gasteiger partial charge in [-0.15, -0.1) is 41.7 Å². The van der Waals surface area contributed by atoms with Crippen LogP contribution >= 0.6 is 35.3 Å². The minimum absolute atomic E-state index is 0.328. The van der Waals surface area contributed by atoms with Gasteiger partial charge in [-0.1, -0.05) is 24.7 Å². The van der Waals surface area contributed by atoms with Gasteiger partial charge in [0.05, 0.1) is 9.83 Å². The number of allylic oxidation sites excluding steroid dienone is 1. The molecule has 1 unspecified atom stereocenters. The third kappa shape index (κ3) is 2.50. The Morgan fingerprint density at radius 2 is 2.38 bits per heavy atom. The summed E-state index contributed by atoms with van der Waals surface area (Å²) in [6.45, 7) is 3.97. The molecule has 0 saturated carbocycles. The largest absolute Gasteiger partial charge is 0.141 e. The van der Waals surface area contributed by atoms with E-state index < -0.39 is 0 Å². The molecule has 2 rings (SSSR count). The van der Waals surface area contributed by atoms with E-state index >= 15 is 0 Å². The van der Waals surface area contributed by atoms with Crippen molar-refractivity contribution in [1.82, 2.24) is 0 Å². The number of thioether (sulfide) groups is 3. The minimum Gasteiger partial charge on any atom is -0.141 e. The summed E-state index contributed by atoms with van der Waals surface area (Å²) in [7, 11) is 0. The van der Waals surface area contributed by atoms with E-state index in [0.717, 1.165) is 5.75 Å². The first-order chi connectivity index (χ1) is 7.80. The van der Waals surface area contributed by atoms with Gasteiger partial charge in [0.2, 0.25) is 0 Å². The van der Waals surface area contributed by atoms with E-state index in [2.05, 4.69) is 42.1 Å². The normalized spacial score (nSPS) is 27.4. The topological polar surface area (TPSA) is 0 Å². The van der Waals surface area contributed by atoms with Crippen molar-refractivity contribution in [2.24, 2.45) is 0 Å². The minimum atomic E-state index is 0.328. The quantitative estimate of drug-likeness (QED) is 0.715. The maximum absolute atomic E-state index is 5.31. The molecule has 16 heavy (non-hydrogen) atoms. The van der Waals surface area contributed by atoms with Crippen LogP contribution in [0, 0.1) is 12.3 Å². The van der Waals surface area contributed by atoms with E-state index in [-0.39, 0.29) is 0 Å². The van der Waals surface area contributed by atoms with Crippen molar-refractivity contribution in [3.8, 4) is 12.3 Å². The summed E-state index contributed by atoms with van der Waals surface area (Å²) in [6, 6.07) is 0. The van der Waals surface area contributed by atoms with E-state index in [1.807, 2.05) is 17.8 Å². The van der Waals surface area contributed by atoms with Crippen LogP contribution in [0.4, 0.5) is 0 Å². The molecule has 3 heteroatoms. The second kappa shape index (κ2) is 5.62. The number of terminal acetylenes is 1. The zero-order valence-corrected chi connectivity index (χ0v) is 11.7. The Morgan fingerprint density at radius 3 is 3.00 bits per heavy atom. The predicted molar refractivity (Wildman–Crippen MR) is 80.2 cm³/mol. The van der Waals surface area contributed by atoms with Crippen molar-refractivity contribution >= 4 is 35.3 Å². The van der Waals surface area contributed by atoms with E-state index in [9.17, 15) is 0 Å². The standard InChI is InChI=1S/C13H16S3/c1-3-7-14-12-5-6-13(11(4-2)10-12)15-8-9-16-13/h1,4,10,12H,2,5-9H2. The third-order valence-corrected chi connectivity index (χ3v) is 7.65. The van der Waals surface area contributed by atoms with Crippen molar-refractivity contribution in [2.75, 3.05) is 17.3 Å². The van der Waals surface area contributed by atoms with Crippen LogP contribution in [-0.4, -0.2) is 26.6 Å². The van der Waals surface area contributed by atoms with Gasteiger partial charge >= 0.3 is 0 Å². The van der Waals surface area contributed by atoms with Crippen LogP contribution in [0.3, 0.4) is 0 Å². The fraction of sp³-hybridized carbons (Fsp3) is 0.538. The van der Waals surface area contributed by atoms with Crippen molar-refractivity contribution < 1.29 is 0 Å². The van der Waals surface area contributed by atoms with Gasteiger partial charge in [-0.05, 0) is 18.4 Å². The van der Waals surface area contributed by atoms with Crippen molar-refractivity contribution in [3.63, 3.8) is 0 Å². The zero-order valence-electron chi connectivity index (χ0n) is 9.28. The molecule has 0 N–H and O–H groups in total. The molecule has 0 amide bonds. The van der Waals surface area contributed by atoms with Gasteiger partial charge in [0, 0.05) is 16.8 Å². The lowest BCUT2D eigenvalue weighted by Gasteiger charge is -2.34. The summed E-state index contributed by atoms with van der Waals surface area (Å²) in [6.07, 6.45) is 12.3. The first-order valence-electron chi connectivity index (χ1n) is 5.48. The van der Waals surface area contributed by atoms with E-state index in [1.54, 1.807) is 0 Å². The number of hydrogen-bond acceptors (Lipinski definition) is 3. The van der Waals surface area contributed by atoms with E-state index in [1.165, 1.54) is 29.9 Å². The molecule has 86 valence electrons. The van der Waals surface area contributed by atoms with Crippen LogP contribution < -0.4 is 0 Å². The predicted octanol–water partition coefficient (Wildman–Crippen LogP) is 3.80. The Kier molecular flexibility index (Phi) is 4.41. The van der Waals surface area contributed by atoms with Crippen LogP contribution in [-0.2, 0) is 0 Å². The molecule has 1 aliphatic carbocycles. The maximum Gasteiger partial charge on any atom is 0.0858 e. The molecule has 0 nitrogen and oxygen atoms in total. The van der Waals surface area contributed by atoms with Gasteiger partial charge in [-0.25, -0.2) is 0 Å². The Hall–Kier alpha value is 0.0900. The van der Waals surface area contributed by atoms with Gasteiger partial charge in [0.25, 0.3) is 0 Å². The van der Waals surface area contributed by atoms with E-state index in [0.29, 0.717) is 9.33 Å². The zero-order chi connectivity index (χ0) is 11.4. The molecule has 1 fully saturated rings. The molecule has 1 saturated heterocycles. The lowest BCUT2D eigenvalue weighted by atomic mass is 9.98. The Labute approximate surface area is 111 Å². The smallest absolute Gasteiger partial charge is 0.0858 e. The highest BCUT2D eigenvalue weighted by Crippen LogP contribution is 2.55. The molecule has 0 bridgehead atoms. The summed E-state index contributed by atoms with van der Waals surface area (Å²) in [5.74, 6) is 6.08. The SMILES string of the molecule is C#CCSC1C=C(C=C)C2(CC1)SCCS2. The second-order valence-electron chi connectivity index (χ2n) is 3.87. The third-order valence-electron chi connectivity index (χ3n) is 2.92.